The number of nitrogens with zero attached hydrogens (tertiary/aromatic N) is 1. The highest BCUT2D eigenvalue weighted by atomic mass is 16.5. The molecule has 0 aromatic rings. The molecule has 19 heavy (non-hydrogen) atoms. The number of nitrogens with one attached hydrogen (secondary N) is 1. The maximum atomic E-state index is 5.76. The van der Waals surface area contributed by atoms with E-state index in [0.717, 1.165) is 37.6 Å². The van der Waals surface area contributed by atoms with E-state index in [1.807, 2.05) is 0 Å². The summed E-state index contributed by atoms with van der Waals surface area (Å²) in [5.41, 5.74) is 0. The number of unbranched alkanes of at least 4 members (excludes halogenated alkanes) is 1. The van der Waals surface area contributed by atoms with Crippen LogP contribution in [0.4, 0.5) is 0 Å². The van der Waals surface area contributed by atoms with Crippen LogP contribution in [0.3, 0.4) is 0 Å². The van der Waals surface area contributed by atoms with Crippen LogP contribution in [0.5, 0.6) is 0 Å². The molecular formula is C16H32N2O. The average Bonchev–Trinajstić information content (AvgIpc) is 3.22. The summed E-state index contributed by atoms with van der Waals surface area (Å²) >= 11 is 0. The third-order valence-electron chi connectivity index (χ3n) is 4.63. The second-order valence-electron chi connectivity index (χ2n) is 6.62. The maximum Gasteiger partial charge on any atom is 0.0593 e. The maximum absolute atomic E-state index is 5.76. The second-order valence-corrected chi connectivity index (χ2v) is 6.62. The van der Waals surface area contributed by atoms with E-state index in [1.165, 1.54) is 38.8 Å². The van der Waals surface area contributed by atoms with Crippen molar-refractivity contribution >= 4 is 0 Å². The van der Waals surface area contributed by atoms with Gasteiger partial charge in [-0.1, -0.05) is 27.2 Å². The summed E-state index contributed by atoms with van der Waals surface area (Å²) in [6, 6.07) is 1.43. The van der Waals surface area contributed by atoms with Crippen LogP contribution in [0.15, 0.2) is 0 Å². The lowest BCUT2D eigenvalue weighted by molar-refractivity contribution is 0.0510. The van der Waals surface area contributed by atoms with E-state index in [2.05, 4.69) is 31.0 Å². The van der Waals surface area contributed by atoms with Crippen LogP contribution in [0, 0.1) is 11.8 Å². The van der Waals surface area contributed by atoms with Crippen molar-refractivity contribution in [2.45, 2.75) is 58.5 Å². The van der Waals surface area contributed by atoms with Crippen molar-refractivity contribution in [3.63, 3.8) is 0 Å². The van der Waals surface area contributed by atoms with E-state index < -0.39 is 0 Å². The fraction of sp³-hybridized carbons (Fsp3) is 1.00. The molecule has 0 aromatic carbocycles. The number of hydrogen-bond acceptors (Lipinski definition) is 3. The first-order valence-electron chi connectivity index (χ1n) is 8.27. The number of hydrogen-bond donors (Lipinski definition) is 1. The van der Waals surface area contributed by atoms with E-state index in [9.17, 15) is 0 Å². The Bertz CT molecular complexity index is 253. The van der Waals surface area contributed by atoms with Crippen molar-refractivity contribution in [1.82, 2.24) is 10.2 Å². The quantitative estimate of drug-likeness (QED) is 0.685. The van der Waals surface area contributed by atoms with Gasteiger partial charge in [0.2, 0.25) is 0 Å². The predicted molar refractivity (Wildman–Crippen MR) is 80.4 cm³/mol. The molecule has 0 spiro atoms. The van der Waals surface area contributed by atoms with Crippen molar-refractivity contribution in [2.24, 2.45) is 11.8 Å². The minimum Gasteiger partial charge on any atom is -0.380 e. The zero-order valence-electron chi connectivity index (χ0n) is 13.0. The van der Waals surface area contributed by atoms with E-state index in [0.29, 0.717) is 6.04 Å². The fourth-order valence-electron chi connectivity index (χ4n) is 3.03. The molecule has 2 atom stereocenters. The molecule has 3 heteroatoms. The fourth-order valence-corrected chi connectivity index (χ4v) is 3.03. The van der Waals surface area contributed by atoms with E-state index in [4.69, 9.17) is 4.74 Å². The first-order valence-corrected chi connectivity index (χ1v) is 8.27. The Morgan fingerprint density at radius 3 is 2.68 bits per heavy atom. The molecule has 1 saturated carbocycles. The highest BCUT2D eigenvalue weighted by Crippen LogP contribution is 2.36. The highest BCUT2D eigenvalue weighted by molar-refractivity contribution is 4.95. The summed E-state index contributed by atoms with van der Waals surface area (Å²) in [5, 5.41) is 3.75. The molecule has 0 bridgehead atoms. The normalized spacial score (nSPS) is 29.1. The molecule has 0 aromatic heterocycles. The smallest absolute Gasteiger partial charge is 0.0593 e. The Morgan fingerprint density at radius 2 is 2.05 bits per heavy atom. The Labute approximate surface area is 119 Å². The monoisotopic (exact) mass is 268 g/mol. The van der Waals surface area contributed by atoms with Gasteiger partial charge >= 0.3 is 0 Å². The summed E-state index contributed by atoms with van der Waals surface area (Å²) < 4.78 is 5.76. The molecule has 2 unspecified atom stereocenters. The topological polar surface area (TPSA) is 24.5 Å². The Hall–Kier alpha value is -0.120. The Balaban J connectivity index is 1.75. The molecule has 2 aliphatic rings. The third kappa shape index (κ3) is 4.73. The van der Waals surface area contributed by atoms with Crippen molar-refractivity contribution in [2.75, 3.05) is 32.8 Å². The van der Waals surface area contributed by atoms with Gasteiger partial charge < -0.3 is 10.1 Å². The molecule has 1 saturated heterocycles. The number of ether oxygens (including phenoxy) is 1. The van der Waals surface area contributed by atoms with Gasteiger partial charge in [-0.25, -0.2) is 0 Å². The molecule has 112 valence electrons. The lowest BCUT2D eigenvalue weighted by Gasteiger charge is -2.42. The van der Waals surface area contributed by atoms with Crippen LogP contribution in [0.2, 0.25) is 0 Å². The zero-order chi connectivity index (χ0) is 13.7. The van der Waals surface area contributed by atoms with Gasteiger partial charge in [-0.3, -0.25) is 4.90 Å². The van der Waals surface area contributed by atoms with Crippen LogP contribution in [0.25, 0.3) is 0 Å². The SMILES string of the molecule is CCCCOCCN1CC(C(C)C)NCC1C1CC1. The molecule has 0 amide bonds. The number of rotatable bonds is 8. The van der Waals surface area contributed by atoms with Gasteiger partial charge in [0, 0.05) is 38.3 Å². The summed E-state index contributed by atoms with van der Waals surface area (Å²) in [4.78, 5) is 2.70. The summed E-state index contributed by atoms with van der Waals surface area (Å²) in [6.07, 6.45) is 5.30. The van der Waals surface area contributed by atoms with Crippen LogP contribution >= 0.6 is 0 Å². The van der Waals surface area contributed by atoms with Crippen LogP contribution in [-0.2, 0) is 4.74 Å². The van der Waals surface area contributed by atoms with Crippen LogP contribution < -0.4 is 5.32 Å². The van der Waals surface area contributed by atoms with Crippen molar-refractivity contribution in [3.05, 3.63) is 0 Å². The van der Waals surface area contributed by atoms with Crippen LogP contribution in [-0.4, -0.2) is 49.8 Å². The van der Waals surface area contributed by atoms with E-state index >= 15 is 0 Å². The average molecular weight is 268 g/mol. The largest absolute Gasteiger partial charge is 0.380 e. The molecule has 3 nitrogen and oxygen atoms in total. The van der Waals surface area contributed by atoms with Crippen molar-refractivity contribution in [1.29, 1.82) is 0 Å². The van der Waals surface area contributed by atoms with Gasteiger partial charge in [0.05, 0.1) is 6.61 Å². The molecule has 1 heterocycles. The molecule has 2 rings (SSSR count). The molecule has 0 radical (unpaired) electrons. The minimum atomic E-state index is 0.658. The first-order chi connectivity index (χ1) is 9.22. The molecule has 1 N–H and O–H groups in total. The minimum absolute atomic E-state index is 0.658. The number of piperazine rings is 1. The zero-order valence-corrected chi connectivity index (χ0v) is 13.0. The standard InChI is InChI=1S/C16H32N2O/c1-4-5-9-19-10-8-18-12-15(13(2)3)17-11-16(18)14-6-7-14/h13-17H,4-12H2,1-3H3. The third-order valence-corrected chi connectivity index (χ3v) is 4.63. The Morgan fingerprint density at radius 1 is 1.26 bits per heavy atom. The second kappa shape index (κ2) is 7.61. The molecule has 1 aliphatic carbocycles. The lowest BCUT2D eigenvalue weighted by atomic mass is 9.97. The van der Waals surface area contributed by atoms with Crippen LogP contribution in [0.1, 0.15) is 46.5 Å². The van der Waals surface area contributed by atoms with Gasteiger partial charge in [-0.05, 0) is 31.1 Å². The summed E-state index contributed by atoms with van der Waals surface area (Å²) in [5.74, 6) is 1.68. The highest BCUT2D eigenvalue weighted by Gasteiger charge is 2.38. The first kappa shape index (κ1) is 15.3. The van der Waals surface area contributed by atoms with Gasteiger partial charge in [-0.2, -0.15) is 0 Å². The summed E-state index contributed by atoms with van der Waals surface area (Å²) in [6.45, 7) is 12.2. The molecule has 2 fully saturated rings. The molecular weight excluding hydrogens is 236 g/mol. The van der Waals surface area contributed by atoms with Gasteiger partial charge in [0.25, 0.3) is 0 Å². The predicted octanol–water partition coefficient (Wildman–Crippen LogP) is 2.51. The van der Waals surface area contributed by atoms with Gasteiger partial charge in [0.15, 0.2) is 0 Å². The van der Waals surface area contributed by atoms with Crippen molar-refractivity contribution < 1.29 is 4.74 Å². The van der Waals surface area contributed by atoms with Gasteiger partial charge in [0.1, 0.15) is 0 Å². The lowest BCUT2D eigenvalue weighted by Crippen LogP contribution is -2.59. The van der Waals surface area contributed by atoms with E-state index in [1.54, 1.807) is 0 Å². The van der Waals surface area contributed by atoms with E-state index in [-0.39, 0.29) is 0 Å². The van der Waals surface area contributed by atoms with Gasteiger partial charge in [-0.15, -0.1) is 0 Å². The van der Waals surface area contributed by atoms with Crippen molar-refractivity contribution in [3.8, 4) is 0 Å². The molecule has 1 aliphatic heterocycles. The summed E-state index contributed by atoms with van der Waals surface area (Å²) in [7, 11) is 0. The Kier molecular flexibility index (Phi) is 6.11.